The Balaban J connectivity index is 1.11. The Morgan fingerprint density at radius 3 is 2.68 bits per heavy atom. The van der Waals surface area contributed by atoms with Gasteiger partial charge >= 0.3 is 0 Å². The predicted molar refractivity (Wildman–Crippen MR) is 180 cm³/mol. The van der Waals surface area contributed by atoms with Crippen molar-refractivity contribution in [3.63, 3.8) is 0 Å². The van der Waals surface area contributed by atoms with Gasteiger partial charge < -0.3 is 24.6 Å². The summed E-state index contributed by atoms with van der Waals surface area (Å²) in [5, 5.41) is 13.9. The van der Waals surface area contributed by atoms with Gasteiger partial charge in [0.15, 0.2) is 5.82 Å². The first-order valence-electron chi connectivity index (χ1n) is 16.3. The van der Waals surface area contributed by atoms with Crippen LogP contribution in [0.3, 0.4) is 0 Å². The van der Waals surface area contributed by atoms with Gasteiger partial charge in [0.1, 0.15) is 5.82 Å². The molecule has 1 amide bonds. The van der Waals surface area contributed by atoms with Gasteiger partial charge in [-0.1, -0.05) is 19.9 Å². The lowest BCUT2D eigenvalue weighted by molar-refractivity contribution is -0.0694. The van der Waals surface area contributed by atoms with Gasteiger partial charge in [-0.05, 0) is 77.6 Å². The Bertz CT molecular complexity index is 2000. The third-order valence-electron chi connectivity index (χ3n) is 10.2. The lowest BCUT2D eigenvalue weighted by atomic mass is 9.89. The number of aliphatic hydroxyl groups excluding tert-OH is 1. The van der Waals surface area contributed by atoms with E-state index in [9.17, 15) is 14.7 Å². The highest BCUT2D eigenvalue weighted by molar-refractivity contribution is 7.14. The molecular weight excluding hydrogens is 617 g/mol. The van der Waals surface area contributed by atoms with Gasteiger partial charge in [-0.3, -0.25) is 14.5 Å². The maximum atomic E-state index is 15.4. The van der Waals surface area contributed by atoms with Crippen LogP contribution in [-0.2, 0) is 50.6 Å². The normalized spacial score (nSPS) is 18.9. The number of rotatable bonds is 6. The minimum Gasteiger partial charge on any atom is -0.392 e. The average molecular weight is 656 g/mol. The van der Waals surface area contributed by atoms with Crippen molar-refractivity contribution in [1.29, 1.82) is 0 Å². The topological polar surface area (TPSA) is 99.9 Å². The molecule has 9 nitrogen and oxygen atoms in total. The molecule has 5 heterocycles. The standard InChI is InChI=1S/C36H38FN5O4S/c1-36(2)13-27-25-7-9-42(34(44)32(25)47-31(27)14-36)30-12-22(37)11-26(28(30)17-43)29-16-40(3)35(45)33(39-29)38-23-5-4-21-15-41(24-18-46-19-24)8-6-20(21)10-23/h4-5,10-12,16,24,43H,6-9,13-15,17-19H2,1-3H3,(H,38,39). The largest absolute Gasteiger partial charge is 0.392 e. The molecule has 1 saturated heterocycles. The number of nitrogens with one attached hydrogen (secondary N) is 1. The molecule has 0 saturated carbocycles. The van der Waals surface area contributed by atoms with Crippen LogP contribution in [0.4, 0.5) is 21.6 Å². The summed E-state index contributed by atoms with van der Waals surface area (Å²) in [6.07, 6.45) is 5.04. The summed E-state index contributed by atoms with van der Waals surface area (Å²) in [5.74, 6) is -0.621. The van der Waals surface area contributed by atoms with E-state index >= 15 is 4.39 Å². The first-order valence-corrected chi connectivity index (χ1v) is 17.1. The number of fused-ring (bicyclic) bond motifs is 4. The number of nitrogens with zero attached hydrogens (tertiary/aromatic N) is 4. The van der Waals surface area contributed by atoms with Crippen LogP contribution in [0.1, 0.15) is 56.2 Å². The number of aromatic nitrogens is 2. The number of benzene rings is 2. The first kappa shape index (κ1) is 30.4. The van der Waals surface area contributed by atoms with Crippen LogP contribution in [0.25, 0.3) is 11.3 Å². The molecular formula is C36H38FN5O4S. The van der Waals surface area contributed by atoms with Crippen molar-refractivity contribution in [2.24, 2.45) is 12.5 Å². The van der Waals surface area contributed by atoms with Crippen LogP contribution < -0.4 is 15.8 Å². The second-order valence-corrected chi connectivity index (χ2v) is 15.2. The second kappa shape index (κ2) is 11.4. The average Bonchev–Trinajstić information content (AvgIpc) is 3.50. The predicted octanol–water partition coefficient (Wildman–Crippen LogP) is 4.97. The summed E-state index contributed by atoms with van der Waals surface area (Å²) < 4.78 is 22.2. The Kier molecular flexibility index (Phi) is 7.36. The summed E-state index contributed by atoms with van der Waals surface area (Å²) in [7, 11) is 1.62. The smallest absolute Gasteiger partial charge is 0.293 e. The van der Waals surface area contributed by atoms with E-state index < -0.39 is 12.4 Å². The highest BCUT2D eigenvalue weighted by Gasteiger charge is 2.39. The first-order chi connectivity index (χ1) is 22.6. The number of hydrogen-bond donors (Lipinski definition) is 2. The van der Waals surface area contributed by atoms with E-state index in [1.54, 1.807) is 29.5 Å². The van der Waals surface area contributed by atoms with Crippen molar-refractivity contribution < 1.29 is 19.0 Å². The van der Waals surface area contributed by atoms with E-state index in [1.165, 1.54) is 38.3 Å². The number of halogens is 1. The van der Waals surface area contributed by atoms with Crippen molar-refractivity contribution in [1.82, 2.24) is 14.5 Å². The number of aliphatic hydroxyl groups is 1. The van der Waals surface area contributed by atoms with Gasteiger partial charge in [0.2, 0.25) is 0 Å². The number of hydrogen-bond acceptors (Lipinski definition) is 8. The molecule has 2 N–H and O–H groups in total. The number of ether oxygens (including phenoxy) is 1. The molecule has 2 aromatic heterocycles. The monoisotopic (exact) mass is 655 g/mol. The van der Waals surface area contributed by atoms with Crippen LogP contribution in [0.5, 0.6) is 0 Å². The van der Waals surface area contributed by atoms with Gasteiger partial charge in [0.05, 0.1) is 42.1 Å². The lowest BCUT2D eigenvalue weighted by Crippen LogP contribution is -2.50. The van der Waals surface area contributed by atoms with Crippen LogP contribution in [0, 0.1) is 11.2 Å². The molecule has 0 spiro atoms. The number of carbonyl (C=O) groups is 1. The minimum absolute atomic E-state index is 0.0958. The zero-order chi connectivity index (χ0) is 32.6. The molecule has 4 aliphatic rings. The molecule has 3 aliphatic heterocycles. The molecule has 11 heteroatoms. The molecule has 0 radical (unpaired) electrons. The van der Waals surface area contributed by atoms with Crippen LogP contribution in [0.15, 0.2) is 41.3 Å². The van der Waals surface area contributed by atoms with E-state index in [1.807, 2.05) is 6.07 Å². The molecule has 0 unspecified atom stereocenters. The number of thiophene rings is 1. The Hall–Kier alpha value is -3.90. The molecule has 1 fully saturated rings. The number of amides is 1. The maximum absolute atomic E-state index is 15.4. The number of anilines is 3. The van der Waals surface area contributed by atoms with Gasteiger partial charge in [0.25, 0.3) is 11.5 Å². The third-order valence-corrected chi connectivity index (χ3v) is 11.4. The van der Waals surface area contributed by atoms with Gasteiger partial charge in [-0.2, -0.15) is 0 Å². The second-order valence-electron chi connectivity index (χ2n) is 14.1. The summed E-state index contributed by atoms with van der Waals surface area (Å²) in [4.78, 5) is 37.8. The molecule has 8 rings (SSSR count). The van der Waals surface area contributed by atoms with Gasteiger partial charge in [-0.15, -0.1) is 11.3 Å². The van der Waals surface area contributed by atoms with E-state index in [-0.39, 0.29) is 22.7 Å². The SMILES string of the molecule is Cn1cc(-c2cc(F)cc(N3CCc4c(sc5c4CC(C)(C)C5)C3=O)c2CO)nc(Nc2ccc3c(c2)CCN(C2COC2)C3)c1=O. The molecule has 1 aliphatic carbocycles. The summed E-state index contributed by atoms with van der Waals surface area (Å²) in [5.41, 5.74) is 6.90. The highest BCUT2D eigenvalue weighted by Crippen LogP contribution is 2.46. The van der Waals surface area contributed by atoms with Crippen LogP contribution >= 0.6 is 11.3 Å². The fourth-order valence-electron chi connectivity index (χ4n) is 7.60. The lowest BCUT2D eigenvalue weighted by Gasteiger charge is -2.40. The minimum atomic E-state index is -0.552. The molecule has 0 atom stereocenters. The van der Waals surface area contributed by atoms with Crippen LogP contribution in [-0.4, -0.2) is 57.8 Å². The van der Waals surface area contributed by atoms with Gasteiger partial charge in [-0.25, -0.2) is 9.37 Å². The number of carbonyl (C=O) groups excluding carboxylic acids is 1. The van der Waals surface area contributed by atoms with Crippen molar-refractivity contribution in [3.05, 3.63) is 90.3 Å². The fourth-order valence-corrected chi connectivity index (χ4v) is 9.17. The number of aryl methyl sites for hydroxylation is 1. The van der Waals surface area contributed by atoms with Crippen molar-refractivity contribution >= 4 is 34.4 Å². The summed E-state index contributed by atoms with van der Waals surface area (Å²) in [6.45, 7) is 7.88. The Labute approximate surface area is 276 Å². The molecule has 47 heavy (non-hydrogen) atoms. The van der Waals surface area contributed by atoms with E-state index in [4.69, 9.17) is 4.74 Å². The van der Waals surface area contributed by atoms with Crippen LogP contribution in [0.2, 0.25) is 0 Å². The fraction of sp³-hybridized carbons (Fsp3) is 0.417. The van der Waals surface area contributed by atoms with E-state index in [0.29, 0.717) is 46.4 Å². The van der Waals surface area contributed by atoms with Crippen molar-refractivity contribution in [2.75, 3.05) is 36.5 Å². The molecule has 2 aromatic carbocycles. The van der Waals surface area contributed by atoms with Gasteiger partial charge in [0, 0.05) is 54.6 Å². The zero-order valence-electron chi connectivity index (χ0n) is 26.9. The maximum Gasteiger partial charge on any atom is 0.293 e. The third kappa shape index (κ3) is 5.29. The Morgan fingerprint density at radius 2 is 1.91 bits per heavy atom. The van der Waals surface area contributed by atoms with E-state index in [0.717, 1.165) is 56.8 Å². The summed E-state index contributed by atoms with van der Waals surface area (Å²) in [6, 6.07) is 9.21. The molecule has 244 valence electrons. The molecule has 0 bridgehead atoms. The van der Waals surface area contributed by atoms with Crippen molar-refractivity contribution in [2.45, 2.75) is 58.7 Å². The quantitative estimate of drug-likeness (QED) is 0.303. The van der Waals surface area contributed by atoms with E-state index in [2.05, 4.69) is 41.2 Å². The molecule has 4 aromatic rings. The Morgan fingerprint density at radius 1 is 1.09 bits per heavy atom. The summed E-state index contributed by atoms with van der Waals surface area (Å²) >= 11 is 1.56. The van der Waals surface area contributed by atoms with Crippen molar-refractivity contribution in [3.8, 4) is 11.3 Å². The zero-order valence-corrected chi connectivity index (χ0v) is 27.7. The highest BCUT2D eigenvalue weighted by atomic mass is 32.1.